The average molecular weight is 439 g/mol. The van der Waals surface area contributed by atoms with E-state index in [0.717, 1.165) is 5.52 Å². The number of imidazole rings is 1. The van der Waals surface area contributed by atoms with Gasteiger partial charge in [0.15, 0.2) is 4.77 Å². The minimum absolute atomic E-state index is 0.300. The predicted octanol–water partition coefficient (Wildman–Crippen LogP) is 5.74. The summed E-state index contributed by atoms with van der Waals surface area (Å²) in [4.78, 5) is 3.05. The number of halogens is 4. The van der Waals surface area contributed by atoms with E-state index in [0.29, 0.717) is 29.6 Å². The van der Waals surface area contributed by atoms with Gasteiger partial charge in [-0.15, -0.1) is 0 Å². The summed E-state index contributed by atoms with van der Waals surface area (Å²) in [6, 6.07) is 8.24. The first-order valence-electron chi connectivity index (χ1n) is 5.52. The van der Waals surface area contributed by atoms with E-state index in [1.807, 2.05) is 22.6 Å². The minimum Gasteiger partial charge on any atom is -0.330 e. The van der Waals surface area contributed by atoms with Crippen molar-refractivity contribution in [2.45, 2.75) is 0 Å². The van der Waals surface area contributed by atoms with Crippen LogP contribution in [-0.4, -0.2) is 9.55 Å². The van der Waals surface area contributed by atoms with Gasteiger partial charge in [0, 0.05) is 11.1 Å². The first-order chi connectivity index (χ1) is 9.47. The fourth-order valence-corrected chi connectivity index (χ4v) is 3.27. The highest BCUT2D eigenvalue weighted by atomic mass is 127. The Morgan fingerprint density at radius 3 is 2.65 bits per heavy atom. The Morgan fingerprint density at radius 2 is 1.95 bits per heavy atom. The highest BCUT2D eigenvalue weighted by Crippen LogP contribution is 2.29. The topological polar surface area (TPSA) is 20.7 Å². The maximum Gasteiger partial charge on any atom is 0.182 e. The summed E-state index contributed by atoms with van der Waals surface area (Å²) in [5, 5.41) is 0.985. The summed E-state index contributed by atoms with van der Waals surface area (Å²) < 4.78 is 16.5. The third kappa shape index (κ3) is 2.36. The van der Waals surface area contributed by atoms with Gasteiger partial charge in [0.1, 0.15) is 5.82 Å². The number of rotatable bonds is 1. The van der Waals surface area contributed by atoms with E-state index in [1.54, 1.807) is 28.8 Å². The smallest absolute Gasteiger partial charge is 0.182 e. The van der Waals surface area contributed by atoms with Gasteiger partial charge in [0.05, 0.1) is 25.3 Å². The molecule has 0 unspecified atom stereocenters. The van der Waals surface area contributed by atoms with E-state index in [4.69, 9.17) is 35.4 Å². The second-order valence-corrected chi connectivity index (χ2v) is 6.54. The quantitative estimate of drug-likeness (QED) is 0.379. The van der Waals surface area contributed by atoms with Crippen molar-refractivity contribution in [3.05, 3.63) is 54.5 Å². The van der Waals surface area contributed by atoms with Crippen molar-refractivity contribution in [3.63, 3.8) is 0 Å². The van der Waals surface area contributed by atoms with Gasteiger partial charge in [-0.1, -0.05) is 23.2 Å². The number of fused-ring (bicyclic) bond motifs is 1. The van der Waals surface area contributed by atoms with Crippen molar-refractivity contribution in [3.8, 4) is 5.69 Å². The lowest BCUT2D eigenvalue weighted by Crippen LogP contribution is -1.95. The van der Waals surface area contributed by atoms with Gasteiger partial charge < -0.3 is 4.98 Å². The molecule has 0 amide bonds. The number of aromatic nitrogens is 2. The summed E-state index contributed by atoms with van der Waals surface area (Å²) in [5.41, 5.74) is 2.05. The second kappa shape index (κ2) is 5.29. The summed E-state index contributed by atoms with van der Waals surface area (Å²) in [6.07, 6.45) is 0. The monoisotopic (exact) mass is 438 g/mol. The first-order valence-corrected chi connectivity index (χ1v) is 7.77. The molecule has 1 heterocycles. The molecule has 0 fully saturated rings. The van der Waals surface area contributed by atoms with Crippen LogP contribution in [0.5, 0.6) is 0 Å². The van der Waals surface area contributed by atoms with E-state index < -0.39 is 0 Å². The molecule has 3 rings (SSSR count). The van der Waals surface area contributed by atoms with Crippen molar-refractivity contribution >= 4 is 69.0 Å². The Bertz CT molecular complexity index is 888. The summed E-state index contributed by atoms with van der Waals surface area (Å²) >= 11 is 19.3. The molecule has 20 heavy (non-hydrogen) atoms. The lowest BCUT2D eigenvalue weighted by atomic mass is 10.2. The molecule has 0 atom stereocenters. The summed E-state index contributed by atoms with van der Waals surface area (Å²) in [5.74, 6) is -0.300. The predicted molar refractivity (Wildman–Crippen MR) is 91.2 cm³/mol. The number of hydrogen-bond acceptors (Lipinski definition) is 1. The van der Waals surface area contributed by atoms with Crippen LogP contribution in [0.2, 0.25) is 10.0 Å². The number of aromatic amines is 1. The average Bonchev–Trinajstić information content (AvgIpc) is 2.66. The van der Waals surface area contributed by atoms with Gasteiger partial charge in [-0.2, -0.15) is 0 Å². The largest absolute Gasteiger partial charge is 0.330 e. The lowest BCUT2D eigenvalue weighted by molar-refractivity contribution is 0.622. The summed E-state index contributed by atoms with van der Waals surface area (Å²) in [6.45, 7) is 0. The van der Waals surface area contributed by atoms with Crippen molar-refractivity contribution in [1.29, 1.82) is 0 Å². The number of benzene rings is 2. The molecule has 0 saturated heterocycles. The van der Waals surface area contributed by atoms with E-state index >= 15 is 0 Å². The zero-order chi connectivity index (χ0) is 14.4. The highest BCUT2D eigenvalue weighted by molar-refractivity contribution is 14.1. The molecule has 2 aromatic carbocycles. The third-order valence-corrected chi connectivity index (χ3v) is 4.52. The zero-order valence-electron chi connectivity index (χ0n) is 9.75. The van der Waals surface area contributed by atoms with Crippen LogP contribution in [0.25, 0.3) is 16.7 Å². The molecule has 0 spiro atoms. The van der Waals surface area contributed by atoms with Gasteiger partial charge in [0.25, 0.3) is 0 Å². The Balaban J connectivity index is 2.39. The van der Waals surface area contributed by atoms with Crippen LogP contribution in [0.4, 0.5) is 4.39 Å². The Morgan fingerprint density at radius 1 is 1.20 bits per heavy atom. The van der Waals surface area contributed by atoms with Crippen molar-refractivity contribution in [1.82, 2.24) is 9.55 Å². The number of hydrogen-bond donors (Lipinski definition) is 1. The molecular formula is C13H6Cl2FIN2S. The third-order valence-electron chi connectivity index (χ3n) is 2.87. The van der Waals surface area contributed by atoms with Gasteiger partial charge in [-0.3, -0.25) is 4.57 Å². The molecule has 0 saturated carbocycles. The normalized spacial score (nSPS) is 11.2. The first kappa shape index (κ1) is 14.3. The van der Waals surface area contributed by atoms with Crippen LogP contribution in [-0.2, 0) is 0 Å². The van der Waals surface area contributed by atoms with Gasteiger partial charge in [-0.25, -0.2) is 4.39 Å². The van der Waals surface area contributed by atoms with E-state index in [9.17, 15) is 4.39 Å². The van der Waals surface area contributed by atoms with E-state index in [1.165, 1.54) is 6.07 Å². The molecular weight excluding hydrogens is 433 g/mol. The van der Waals surface area contributed by atoms with Gasteiger partial charge in [-0.05, 0) is 59.1 Å². The van der Waals surface area contributed by atoms with E-state index in [-0.39, 0.29) is 5.82 Å². The van der Waals surface area contributed by atoms with Crippen LogP contribution in [0.15, 0.2) is 30.3 Å². The Hall–Kier alpha value is -0.630. The zero-order valence-corrected chi connectivity index (χ0v) is 14.2. The summed E-state index contributed by atoms with van der Waals surface area (Å²) in [7, 11) is 0. The van der Waals surface area contributed by atoms with Crippen LogP contribution in [0.3, 0.4) is 0 Å². The van der Waals surface area contributed by atoms with Gasteiger partial charge >= 0.3 is 0 Å². The Kier molecular flexibility index (Phi) is 3.79. The lowest BCUT2D eigenvalue weighted by Gasteiger charge is -2.07. The van der Waals surface area contributed by atoms with Crippen LogP contribution < -0.4 is 0 Å². The number of nitrogens with one attached hydrogen (secondary N) is 1. The molecule has 102 valence electrons. The molecule has 0 aliphatic heterocycles. The second-order valence-electron chi connectivity index (χ2n) is 4.14. The molecule has 0 radical (unpaired) electrons. The molecule has 0 aliphatic carbocycles. The van der Waals surface area contributed by atoms with E-state index in [2.05, 4.69) is 4.98 Å². The van der Waals surface area contributed by atoms with Crippen LogP contribution in [0, 0.1) is 14.2 Å². The Labute approximate surface area is 142 Å². The molecule has 3 aromatic rings. The molecule has 7 heteroatoms. The SMILES string of the molecule is Fc1cc2c(cc1I)[nH]c(=S)n2-c1ccc(Cl)cc1Cl. The van der Waals surface area contributed by atoms with Crippen molar-refractivity contribution < 1.29 is 4.39 Å². The maximum atomic E-state index is 13.8. The number of H-pyrrole nitrogens is 1. The van der Waals surface area contributed by atoms with Gasteiger partial charge in [0.2, 0.25) is 0 Å². The molecule has 0 bridgehead atoms. The standard InChI is InChI=1S/C13H6Cl2FIN2S/c14-6-1-2-11(7(15)3-6)19-12-4-8(16)9(17)5-10(12)18-13(19)20/h1-5H,(H,18,20). The molecule has 1 N–H and O–H groups in total. The van der Waals surface area contributed by atoms with Crippen LogP contribution >= 0.6 is 58.0 Å². The fourth-order valence-electron chi connectivity index (χ4n) is 2.00. The van der Waals surface area contributed by atoms with Crippen molar-refractivity contribution in [2.75, 3.05) is 0 Å². The van der Waals surface area contributed by atoms with Crippen LogP contribution in [0.1, 0.15) is 0 Å². The fraction of sp³-hybridized carbons (Fsp3) is 0. The highest BCUT2D eigenvalue weighted by Gasteiger charge is 2.12. The molecule has 0 aliphatic rings. The van der Waals surface area contributed by atoms with Crippen molar-refractivity contribution in [2.24, 2.45) is 0 Å². The minimum atomic E-state index is -0.300. The molecule has 2 nitrogen and oxygen atoms in total. The number of nitrogens with zero attached hydrogens (tertiary/aromatic N) is 1. The molecule has 1 aromatic heterocycles. The maximum absolute atomic E-state index is 13.8.